The molecule has 0 saturated carbocycles. The average molecular weight is 209 g/mol. The van der Waals surface area contributed by atoms with E-state index in [2.05, 4.69) is 12.2 Å². The number of carbonyl (C=O) groups is 1. The fourth-order valence-corrected chi connectivity index (χ4v) is 1.48. The topological polar surface area (TPSA) is 42.2 Å². The van der Waals surface area contributed by atoms with Gasteiger partial charge in [-0.05, 0) is 26.3 Å². The van der Waals surface area contributed by atoms with Crippen LogP contribution in [0.3, 0.4) is 0 Å². The number of unbranched alkanes of at least 4 members (excludes halogenated alkanes) is 1. The number of hydrogen-bond acceptors (Lipinski definition) is 2. The van der Waals surface area contributed by atoms with Gasteiger partial charge in [0.25, 0.3) is 0 Å². The standard InChI is InChI=1S/C12H19NO2/c1-4-5-6-12(14)13-8-11-7-9(2)15-10(11)3/h7H,4-6,8H2,1-3H3,(H,13,14). The lowest BCUT2D eigenvalue weighted by Gasteiger charge is -2.03. The first-order chi connectivity index (χ1) is 7.13. The molecule has 0 aromatic carbocycles. The van der Waals surface area contributed by atoms with Crippen molar-refractivity contribution in [2.45, 2.75) is 46.6 Å². The molecule has 1 N–H and O–H groups in total. The minimum Gasteiger partial charge on any atom is -0.466 e. The molecule has 0 saturated heterocycles. The van der Waals surface area contributed by atoms with E-state index in [9.17, 15) is 4.79 Å². The monoisotopic (exact) mass is 209 g/mol. The average Bonchev–Trinajstić information content (AvgIpc) is 2.51. The van der Waals surface area contributed by atoms with Crippen molar-refractivity contribution in [2.75, 3.05) is 0 Å². The largest absolute Gasteiger partial charge is 0.466 e. The minimum atomic E-state index is 0.120. The fourth-order valence-electron chi connectivity index (χ4n) is 1.48. The second-order valence-electron chi connectivity index (χ2n) is 3.82. The first kappa shape index (κ1) is 11.8. The molecule has 0 aliphatic heterocycles. The molecule has 0 radical (unpaired) electrons. The summed E-state index contributed by atoms with van der Waals surface area (Å²) >= 11 is 0. The molecule has 1 aromatic heterocycles. The number of furan rings is 1. The summed E-state index contributed by atoms with van der Waals surface area (Å²) in [6, 6.07) is 1.97. The zero-order valence-corrected chi connectivity index (χ0v) is 9.72. The predicted molar refractivity (Wildman–Crippen MR) is 59.6 cm³/mol. The molecule has 0 aliphatic carbocycles. The van der Waals surface area contributed by atoms with Crippen LogP contribution in [-0.4, -0.2) is 5.91 Å². The molecule has 0 fully saturated rings. The summed E-state index contributed by atoms with van der Waals surface area (Å²) < 4.78 is 5.38. The van der Waals surface area contributed by atoms with Crippen molar-refractivity contribution in [1.82, 2.24) is 5.32 Å². The molecular formula is C12H19NO2. The van der Waals surface area contributed by atoms with Crippen LogP contribution < -0.4 is 5.32 Å². The lowest BCUT2D eigenvalue weighted by atomic mass is 10.2. The summed E-state index contributed by atoms with van der Waals surface area (Å²) in [5, 5.41) is 2.89. The molecular weight excluding hydrogens is 190 g/mol. The smallest absolute Gasteiger partial charge is 0.220 e. The Morgan fingerprint density at radius 1 is 1.47 bits per heavy atom. The first-order valence-electron chi connectivity index (χ1n) is 5.46. The fraction of sp³-hybridized carbons (Fsp3) is 0.583. The number of amides is 1. The molecule has 0 aliphatic rings. The number of aryl methyl sites for hydroxylation is 2. The highest BCUT2D eigenvalue weighted by Gasteiger charge is 2.06. The van der Waals surface area contributed by atoms with Crippen LogP contribution in [0, 0.1) is 13.8 Å². The Hall–Kier alpha value is -1.25. The maximum Gasteiger partial charge on any atom is 0.220 e. The summed E-state index contributed by atoms with van der Waals surface area (Å²) in [6.45, 7) is 6.48. The highest BCUT2D eigenvalue weighted by atomic mass is 16.3. The molecule has 15 heavy (non-hydrogen) atoms. The molecule has 0 spiro atoms. The van der Waals surface area contributed by atoms with Crippen LogP contribution in [-0.2, 0) is 11.3 Å². The van der Waals surface area contributed by atoms with Crippen molar-refractivity contribution in [3.05, 3.63) is 23.2 Å². The van der Waals surface area contributed by atoms with E-state index in [4.69, 9.17) is 4.42 Å². The van der Waals surface area contributed by atoms with E-state index in [0.717, 1.165) is 29.9 Å². The van der Waals surface area contributed by atoms with E-state index >= 15 is 0 Å². The number of hydrogen-bond donors (Lipinski definition) is 1. The van der Waals surface area contributed by atoms with Crippen LogP contribution in [0.25, 0.3) is 0 Å². The minimum absolute atomic E-state index is 0.120. The van der Waals surface area contributed by atoms with Crippen LogP contribution in [0.1, 0.15) is 43.3 Å². The first-order valence-corrected chi connectivity index (χ1v) is 5.46. The molecule has 1 aromatic rings. The maximum absolute atomic E-state index is 11.4. The van der Waals surface area contributed by atoms with Crippen molar-refractivity contribution in [1.29, 1.82) is 0 Å². The Morgan fingerprint density at radius 2 is 2.20 bits per heavy atom. The molecule has 3 nitrogen and oxygen atoms in total. The van der Waals surface area contributed by atoms with Crippen molar-refractivity contribution in [3.63, 3.8) is 0 Å². The lowest BCUT2D eigenvalue weighted by molar-refractivity contribution is -0.121. The van der Waals surface area contributed by atoms with Gasteiger partial charge < -0.3 is 9.73 Å². The molecule has 1 amide bonds. The molecule has 0 unspecified atom stereocenters. The van der Waals surface area contributed by atoms with Crippen LogP contribution in [0.4, 0.5) is 0 Å². The van der Waals surface area contributed by atoms with Gasteiger partial charge in [0, 0.05) is 18.5 Å². The van der Waals surface area contributed by atoms with Gasteiger partial charge in [-0.1, -0.05) is 13.3 Å². The predicted octanol–water partition coefficient (Wildman–Crippen LogP) is 2.70. The third-order valence-corrected chi connectivity index (χ3v) is 2.38. The number of rotatable bonds is 5. The SMILES string of the molecule is CCCCC(=O)NCc1cc(C)oc1C. The Labute approximate surface area is 90.9 Å². The zero-order chi connectivity index (χ0) is 11.3. The van der Waals surface area contributed by atoms with Crippen molar-refractivity contribution >= 4 is 5.91 Å². The van der Waals surface area contributed by atoms with Crippen LogP contribution in [0.15, 0.2) is 10.5 Å². The number of nitrogens with one attached hydrogen (secondary N) is 1. The maximum atomic E-state index is 11.4. The highest BCUT2D eigenvalue weighted by Crippen LogP contribution is 2.13. The van der Waals surface area contributed by atoms with Gasteiger partial charge in [0.05, 0.1) is 0 Å². The Balaban J connectivity index is 2.36. The zero-order valence-electron chi connectivity index (χ0n) is 9.72. The highest BCUT2D eigenvalue weighted by molar-refractivity contribution is 5.75. The molecule has 0 bridgehead atoms. The van der Waals surface area contributed by atoms with Gasteiger partial charge in [0.2, 0.25) is 5.91 Å². The lowest BCUT2D eigenvalue weighted by Crippen LogP contribution is -2.22. The van der Waals surface area contributed by atoms with Gasteiger partial charge in [-0.2, -0.15) is 0 Å². The summed E-state index contributed by atoms with van der Waals surface area (Å²) in [6.07, 6.45) is 2.62. The van der Waals surface area contributed by atoms with Crippen LogP contribution in [0.2, 0.25) is 0 Å². The second-order valence-corrected chi connectivity index (χ2v) is 3.82. The molecule has 3 heteroatoms. The molecule has 1 heterocycles. The summed E-state index contributed by atoms with van der Waals surface area (Å²) in [5.74, 6) is 1.91. The quantitative estimate of drug-likeness (QED) is 0.810. The van der Waals surface area contributed by atoms with Gasteiger partial charge in [0.1, 0.15) is 11.5 Å². The van der Waals surface area contributed by atoms with Crippen molar-refractivity contribution in [3.8, 4) is 0 Å². The Kier molecular flexibility index (Phi) is 4.40. The molecule has 1 rings (SSSR count). The molecule has 84 valence electrons. The summed E-state index contributed by atoms with van der Waals surface area (Å²) in [4.78, 5) is 11.4. The van der Waals surface area contributed by atoms with Gasteiger partial charge in [0.15, 0.2) is 0 Å². The third-order valence-electron chi connectivity index (χ3n) is 2.38. The van der Waals surface area contributed by atoms with Crippen molar-refractivity contribution in [2.24, 2.45) is 0 Å². The Bertz CT molecular complexity index is 328. The van der Waals surface area contributed by atoms with E-state index in [-0.39, 0.29) is 5.91 Å². The van der Waals surface area contributed by atoms with E-state index in [1.807, 2.05) is 19.9 Å². The van der Waals surface area contributed by atoms with Gasteiger partial charge >= 0.3 is 0 Å². The Morgan fingerprint density at radius 3 is 2.73 bits per heavy atom. The van der Waals surface area contributed by atoms with Gasteiger partial charge in [-0.25, -0.2) is 0 Å². The van der Waals surface area contributed by atoms with E-state index < -0.39 is 0 Å². The summed E-state index contributed by atoms with van der Waals surface area (Å²) in [5.41, 5.74) is 1.07. The van der Waals surface area contributed by atoms with Crippen LogP contribution in [0.5, 0.6) is 0 Å². The van der Waals surface area contributed by atoms with Crippen molar-refractivity contribution < 1.29 is 9.21 Å². The molecule has 0 atom stereocenters. The van der Waals surface area contributed by atoms with Gasteiger partial charge in [-0.15, -0.1) is 0 Å². The van der Waals surface area contributed by atoms with E-state index in [1.54, 1.807) is 0 Å². The second kappa shape index (κ2) is 5.59. The van der Waals surface area contributed by atoms with E-state index in [1.165, 1.54) is 0 Å². The van der Waals surface area contributed by atoms with E-state index in [0.29, 0.717) is 13.0 Å². The van der Waals surface area contributed by atoms with Crippen LogP contribution >= 0.6 is 0 Å². The van der Waals surface area contributed by atoms with Gasteiger partial charge in [-0.3, -0.25) is 4.79 Å². The number of carbonyl (C=O) groups excluding carboxylic acids is 1. The normalized spacial score (nSPS) is 10.3. The third kappa shape index (κ3) is 3.78. The summed E-state index contributed by atoms with van der Waals surface area (Å²) in [7, 11) is 0.